The molecule has 5 rings (SSSR count). The molecule has 0 amide bonds. The number of fused-ring (bicyclic) bond motifs is 3. The predicted octanol–water partition coefficient (Wildman–Crippen LogP) is 5.30. The van der Waals surface area contributed by atoms with Gasteiger partial charge in [0.2, 0.25) is 10.0 Å². The fraction of sp³-hybridized carbons (Fsp3) is 0.143. The van der Waals surface area contributed by atoms with Crippen LogP contribution in [0.5, 0.6) is 0 Å². The van der Waals surface area contributed by atoms with Crippen molar-refractivity contribution in [2.75, 3.05) is 6.54 Å². The third kappa shape index (κ3) is 3.82. The molecule has 0 spiro atoms. The average Bonchev–Trinajstić information content (AvgIpc) is 2.83. The summed E-state index contributed by atoms with van der Waals surface area (Å²) in [4.78, 5) is 0.344. The molecule has 0 saturated heterocycles. The smallest absolute Gasteiger partial charge is 0.207 e. The summed E-state index contributed by atoms with van der Waals surface area (Å²) in [6.07, 6.45) is 0.688. The number of rotatable bonds is 2. The first kappa shape index (κ1) is 20.5. The molecule has 0 aromatic heterocycles. The minimum atomic E-state index is -3.55. The lowest BCUT2D eigenvalue weighted by molar-refractivity contribution is 0.392. The molecule has 0 fully saturated rings. The molecule has 0 saturated carbocycles. The van der Waals surface area contributed by atoms with Crippen molar-refractivity contribution in [2.24, 2.45) is 0 Å². The van der Waals surface area contributed by atoms with Crippen LogP contribution in [0.3, 0.4) is 0 Å². The molecule has 0 radical (unpaired) electrons. The van der Waals surface area contributed by atoms with Gasteiger partial charge in [0.1, 0.15) is 0 Å². The summed E-state index contributed by atoms with van der Waals surface area (Å²) >= 11 is 0. The highest BCUT2D eigenvalue weighted by atomic mass is 32.2. The van der Waals surface area contributed by atoms with E-state index < -0.39 is 10.0 Å². The van der Waals surface area contributed by atoms with E-state index in [9.17, 15) is 8.42 Å². The van der Waals surface area contributed by atoms with Crippen LogP contribution in [0.1, 0.15) is 27.8 Å². The van der Waals surface area contributed by atoms with Gasteiger partial charge in [-0.2, -0.15) is 4.31 Å². The second kappa shape index (κ2) is 8.27. The van der Waals surface area contributed by atoms with Crippen LogP contribution in [0.2, 0.25) is 0 Å². The Morgan fingerprint density at radius 2 is 1.50 bits per heavy atom. The molecule has 4 aromatic carbocycles. The van der Waals surface area contributed by atoms with E-state index in [1.807, 2.05) is 61.5 Å². The van der Waals surface area contributed by atoms with Gasteiger partial charge >= 0.3 is 0 Å². The van der Waals surface area contributed by atoms with Crippen molar-refractivity contribution in [3.05, 3.63) is 113 Å². The summed E-state index contributed by atoms with van der Waals surface area (Å²) in [6.45, 7) is 2.79. The number of hydrogen-bond acceptors (Lipinski definition) is 2. The van der Waals surface area contributed by atoms with E-state index in [1.165, 1.54) is 5.56 Å². The van der Waals surface area contributed by atoms with Crippen LogP contribution in [0, 0.1) is 18.8 Å². The van der Waals surface area contributed by atoms with Crippen molar-refractivity contribution in [3.8, 4) is 11.8 Å². The Bertz CT molecular complexity index is 1460. The Hall–Kier alpha value is -3.39. The van der Waals surface area contributed by atoms with E-state index in [-0.39, 0.29) is 0 Å². The fourth-order valence-electron chi connectivity index (χ4n) is 4.26. The van der Waals surface area contributed by atoms with Crippen LogP contribution in [-0.2, 0) is 23.0 Å². The zero-order chi connectivity index (χ0) is 22.1. The Morgan fingerprint density at radius 3 is 2.25 bits per heavy atom. The zero-order valence-electron chi connectivity index (χ0n) is 17.9. The van der Waals surface area contributed by atoms with Crippen molar-refractivity contribution >= 4 is 20.8 Å². The summed E-state index contributed by atoms with van der Waals surface area (Å²) in [6, 6.07) is 27.3. The predicted molar refractivity (Wildman–Crippen MR) is 129 cm³/mol. The molecule has 0 unspecified atom stereocenters. The molecular weight excluding hydrogens is 414 g/mol. The number of benzene rings is 4. The summed E-state index contributed by atoms with van der Waals surface area (Å²) in [5.41, 5.74) is 5.18. The van der Waals surface area contributed by atoms with Gasteiger partial charge in [-0.1, -0.05) is 72.0 Å². The standard InChI is InChI=1S/C28H23NO2S/c1-21-11-15-25(16-12-21)32(30,31)29-18-17-27-24(20-29)19-23(26-9-5-6-10-28(26)27)14-13-22-7-3-2-4-8-22/h2-12,15-16,19H,17-18,20H2,1H3. The van der Waals surface area contributed by atoms with E-state index in [0.29, 0.717) is 24.4 Å². The Balaban J connectivity index is 1.57. The van der Waals surface area contributed by atoms with E-state index >= 15 is 0 Å². The lowest BCUT2D eigenvalue weighted by Gasteiger charge is -2.29. The number of aryl methyl sites for hydroxylation is 1. The molecule has 0 atom stereocenters. The largest absolute Gasteiger partial charge is 0.243 e. The van der Waals surface area contributed by atoms with Crippen molar-refractivity contribution < 1.29 is 8.42 Å². The molecule has 1 aliphatic heterocycles. The maximum absolute atomic E-state index is 13.3. The van der Waals surface area contributed by atoms with Gasteiger partial charge in [-0.3, -0.25) is 0 Å². The molecule has 4 heteroatoms. The molecule has 0 N–H and O–H groups in total. The highest BCUT2D eigenvalue weighted by Gasteiger charge is 2.29. The van der Waals surface area contributed by atoms with E-state index in [4.69, 9.17) is 0 Å². The van der Waals surface area contributed by atoms with Crippen LogP contribution in [0.4, 0.5) is 0 Å². The van der Waals surface area contributed by atoms with E-state index in [1.54, 1.807) is 16.4 Å². The molecule has 1 aliphatic rings. The monoisotopic (exact) mass is 437 g/mol. The third-order valence-electron chi connectivity index (χ3n) is 5.98. The molecule has 0 aliphatic carbocycles. The van der Waals surface area contributed by atoms with Crippen LogP contribution in [0.25, 0.3) is 10.8 Å². The topological polar surface area (TPSA) is 37.4 Å². The maximum Gasteiger partial charge on any atom is 0.243 e. The summed E-state index contributed by atoms with van der Waals surface area (Å²) in [5.74, 6) is 6.58. The number of nitrogens with zero attached hydrogens (tertiary/aromatic N) is 1. The van der Waals surface area contributed by atoms with Gasteiger partial charge in [0.25, 0.3) is 0 Å². The first-order valence-electron chi connectivity index (χ1n) is 10.7. The minimum Gasteiger partial charge on any atom is -0.207 e. The molecular formula is C28H23NO2S. The number of hydrogen-bond donors (Lipinski definition) is 0. The summed E-state index contributed by atoms with van der Waals surface area (Å²) < 4.78 is 28.1. The van der Waals surface area contributed by atoms with Gasteiger partial charge in [0, 0.05) is 24.2 Å². The molecule has 0 bridgehead atoms. The van der Waals surface area contributed by atoms with Gasteiger partial charge in [0.05, 0.1) is 4.90 Å². The van der Waals surface area contributed by atoms with E-state index in [0.717, 1.165) is 33.0 Å². The molecule has 32 heavy (non-hydrogen) atoms. The fourth-order valence-corrected chi connectivity index (χ4v) is 5.68. The maximum atomic E-state index is 13.3. The van der Waals surface area contributed by atoms with Gasteiger partial charge in [-0.15, -0.1) is 0 Å². The first-order chi connectivity index (χ1) is 15.5. The molecule has 3 nitrogen and oxygen atoms in total. The Labute approximate surface area is 189 Å². The van der Waals surface area contributed by atoms with Gasteiger partial charge in [-0.25, -0.2) is 8.42 Å². The molecule has 4 aromatic rings. The SMILES string of the molecule is Cc1ccc(S(=O)(=O)N2CCc3c(cc(C#Cc4ccccc4)c4ccccc34)C2)cc1. The second-order valence-electron chi connectivity index (χ2n) is 8.13. The lowest BCUT2D eigenvalue weighted by Crippen LogP contribution is -2.36. The summed E-state index contributed by atoms with van der Waals surface area (Å²) in [5, 5.41) is 2.28. The third-order valence-corrected chi connectivity index (χ3v) is 7.84. The normalized spacial score (nSPS) is 13.9. The quantitative estimate of drug-likeness (QED) is 0.399. The van der Waals surface area contributed by atoms with Gasteiger partial charge < -0.3 is 0 Å². The molecule has 1 heterocycles. The molecule has 158 valence electrons. The highest BCUT2D eigenvalue weighted by Crippen LogP contribution is 2.32. The van der Waals surface area contributed by atoms with Gasteiger partial charge in [-0.05, 0) is 65.6 Å². The average molecular weight is 438 g/mol. The van der Waals surface area contributed by atoms with Crippen molar-refractivity contribution in [1.82, 2.24) is 4.31 Å². The zero-order valence-corrected chi connectivity index (χ0v) is 18.7. The second-order valence-corrected chi connectivity index (χ2v) is 10.1. The van der Waals surface area contributed by atoms with Gasteiger partial charge in [0.15, 0.2) is 0 Å². The van der Waals surface area contributed by atoms with Crippen LogP contribution in [0.15, 0.2) is 89.8 Å². The Kier molecular flexibility index (Phi) is 5.30. The van der Waals surface area contributed by atoms with E-state index in [2.05, 4.69) is 30.0 Å². The highest BCUT2D eigenvalue weighted by molar-refractivity contribution is 7.89. The van der Waals surface area contributed by atoms with Crippen LogP contribution < -0.4 is 0 Å². The minimum absolute atomic E-state index is 0.344. The van der Waals surface area contributed by atoms with Crippen molar-refractivity contribution in [3.63, 3.8) is 0 Å². The van der Waals surface area contributed by atoms with Crippen molar-refractivity contribution in [1.29, 1.82) is 0 Å². The van der Waals surface area contributed by atoms with Crippen molar-refractivity contribution in [2.45, 2.75) is 24.8 Å². The lowest BCUT2D eigenvalue weighted by atomic mass is 9.91. The van der Waals surface area contributed by atoms with Crippen LogP contribution >= 0.6 is 0 Å². The number of sulfonamides is 1. The summed E-state index contributed by atoms with van der Waals surface area (Å²) in [7, 11) is -3.55. The van der Waals surface area contributed by atoms with Crippen LogP contribution in [-0.4, -0.2) is 19.3 Å². The first-order valence-corrected chi connectivity index (χ1v) is 12.1. The Morgan fingerprint density at radius 1 is 0.812 bits per heavy atom.